The zero-order chi connectivity index (χ0) is 38.6. The average Bonchev–Trinajstić information content (AvgIpc) is 3.70. The van der Waals surface area contributed by atoms with Crippen molar-refractivity contribution in [2.75, 3.05) is 40.4 Å². The number of Topliss-reactive ketones (excluding diaryl/α,β-unsaturated/α-hetero) is 2. The number of phenolic OH excluding ortho intramolecular Hbond substituents is 2. The van der Waals surface area contributed by atoms with Crippen LogP contribution in [0, 0.1) is 0 Å². The van der Waals surface area contributed by atoms with Crippen molar-refractivity contribution in [1.29, 1.82) is 0 Å². The minimum Gasteiger partial charge on any atom is -0.504 e. The summed E-state index contributed by atoms with van der Waals surface area (Å²) in [6.07, 6.45) is 7.85. The van der Waals surface area contributed by atoms with E-state index in [-0.39, 0.29) is 42.6 Å². The first-order valence-electron chi connectivity index (χ1n) is 19.4. The quantitative estimate of drug-likeness (QED) is 0.195. The Bertz CT molecular complexity index is 1850. The molecule has 4 fully saturated rings. The third kappa shape index (κ3) is 5.23. The summed E-state index contributed by atoms with van der Waals surface area (Å²) in [7, 11) is 0.934. The van der Waals surface area contributed by atoms with Crippen LogP contribution in [0.4, 0.5) is 4.39 Å². The van der Waals surface area contributed by atoms with E-state index < -0.39 is 41.4 Å². The Kier molecular flexibility index (Phi) is 10.5. The molecule has 11 nitrogen and oxygen atoms in total. The molecule has 8 atom stereocenters. The first-order valence-corrected chi connectivity index (χ1v) is 18.7. The maximum Gasteiger partial charge on any atom is 0.174 e. The number of hydrogen-bond donors (Lipinski definition) is 6. The zero-order valence-corrected chi connectivity index (χ0v) is 30.3. The van der Waals surface area contributed by atoms with Crippen molar-refractivity contribution in [1.82, 2.24) is 15.5 Å². The predicted molar refractivity (Wildman–Crippen MR) is 203 cm³/mol. The number of alkyl halides is 1. The largest absolute Gasteiger partial charge is 0.504 e. The summed E-state index contributed by atoms with van der Waals surface area (Å²) >= 11 is 0. The van der Waals surface area contributed by atoms with E-state index >= 15 is 0 Å². The van der Waals surface area contributed by atoms with Gasteiger partial charge in [0.05, 0.1) is 30.6 Å². The molecule has 4 aliphatic carbocycles. The molecular weight excluding hydrogens is 693 g/mol. The molecule has 2 saturated carbocycles. The van der Waals surface area contributed by atoms with Gasteiger partial charge < -0.3 is 40.5 Å². The van der Waals surface area contributed by atoms with Crippen molar-refractivity contribution >= 4 is 11.6 Å². The van der Waals surface area contributed by atoms with Crippen molar-refractivity contribution in [2.45, 2.75) is 112 Å². The van der Waals surface area contributed by atoms with E-state index in [2.05, 4.69) is 28.7 Å². The first-order chi connectivity index (χ1) is 25.9. The topological polar surface area (TPSA) is 161 Å². The van der Waals surface area contributed by atoms with Crippen LogP contribution in [0.25, 0.3) is 0 Å². The van der Waals surface area contributed by atoms with Crippen LogP contribution in [0.1, 0.15) is 76.0 Å². The van der Waals surface area contributed by atoms with Gasteiger partial charge in [0, 0.05) is 49.1 Å². The lowest BCUT2D eigenvalue weighted by Gasteiger charge is -2.62. The number of hydrogen-bond acceptors (Lipinski definition) is 11. The van der Waals surface area contributed by atoms with Crippen LogP contribution in [-0.2, 0) is 33.3 Å². The Labute approximate surface area is 318 Å². The Morgan fingerprint density at radius 3 is 2.02 bits per heavy atom. The number of nitrogens with one attached hydrogen (secondary N) is 2. The van der Waals surface area contributed by atoms with Crippen LogP contribution in [-0.4, -0.2) is 113 Å². The van der Waals surface area contributed by atoms with Gasteiger partial charge in [0.2, 0.25) is 0 Å². The van der Waals surface area contributed by atoms with Crippen molar-refractivity contribution in [3.8, 4) is 23.0 Å². The van der Waals surface area contributed by atoms with Gasteiger partial charge in [-0.05, 0) is 88.3 Å². The highest BCUT2D eigenvalue weighted by Crippen LogP contribution is 2.65. The molecule has 2 saturated heterocycles. The number of carbonyl (C=O) groups is 2. The molecule has 294 valence electrons. The van der Waals surface area contributed by atoms with Gasteiger partial charge in [0.15, 0.2) is 46.8 Å². The molecule has 12 heteroatoms. The van der Waals surface area contributed by atoms with Crippen molar-refractivity contribution in [3.63, 3.8) is 0 Å². The van der Waals surface area contributed by atoms with Crippen LogP contribution < -0.4 is 20.1 Å². The van der Waals surface area contributed by atoms with Gasteiger partial charge in [0.25, 0.3) is 0 Å². The number of aromatic hydroxyl groups is 2. The molecule has 0 unspecified atom stereocenters. The summed E-state index contributed by atoms with van der Waals surface area (Å²) in [5, 5.41) is 50.1. The maximum atomic E-state index is 12.6. The molecule has 4 heterocycles. The van der Waals surface area contributed by atoms with Gasteiger partial charge in [-0.1, -0.05) is 31.7 Å². The molecule has 0 amide bonds. The molecule has 10 rings (SSSR count). The monoisotopic (exact) mass is 750 g/mol. The highest BCUT2D eigenvalue weighted by atomic mass is 19.1. The van der Waals surface area contributed by atoms with E-state index in [0.717, 1.165) is 54.9 Å². The SMILES string of the molecule is C.C=CCCNC.C=CCN1CC[C@]23c4c5ccc(O)c4O[C@H]2C(=O)CC[C@@]3(O)[C@H]1C5.O=C1CC[C@@]2(O)[C@H]3Cc4ccc(O)c5c4[C@@]2(CCN3)[C@H]1O5.[2H]CF. The highest BCUT2D eigenvalue weighted by molar-refractivity contribution is 5.91. The number of aliphatic hydroxyl groups is 2. The van der Waals surface area contributed by atoms with Crippen LogP contribution in [0.15, 0.2) is 49.6 Å². The molecule has 2 aromatic rings. The number of likely N-dealkylation sites (tertiary alicyclic amines) is 1. The summed E-state index contributed by atoms with van der Waals surface area (Å²) < 4.78 is 27.4. The van der Waals surface area contributed by atoms with Crippen LogP contribution in [0.3, 0.4) is 0 Å². The molecule has 0 aromatic heterocycles. The summed E-state index contributed by atoms with van der Waals surface area (Å²) in [6.45, 7) is 10.7. The molecule has 4 aliphatic heterocycles. The molecule has 2 aromatic carbocycles. The van der Waals surface area contributed by atoms with Crippen molar-refractivity contribution < 1.29 is 45.3 Å². The lowest BCUT2D eigenvalue weighted by atomic mass is 9.49. The third-order valence-corrected chi connectivity index (χ3v) is 13.4. The fourth-order valence-electron chi connectivity index (χ4n) is 11.3. The molecule has 6 N–H and O–H groups in total. The van der Waals surface area contributed by atoms with Gasteiger partial charge in [-0.15, -0.1) is 13.2 Å². The predicted octanol–water partition coefficient (Wildman–Crippen LogP) is 3.71. The Balaban J connectivity index is 0.000000152. The van der Waals surface area contributed by atoms with Gasteiger partial charge in [-0.2, -0.15) is 0 Å². The second-order valence-electron chi connectivity index (χ2n) is 15.5. The lowest BCUT2D eigenvalue weighted by Crippen LogP contribution is -2.76. The summed E-state index contributed by atoms with van der Waals surface area (Å²) in [5.74, 6) is 1.07. The standard InChI is InChI=1S/C19H21NO4.C16H17NO4.C5H11N.CH3F.CH4/c1-2-8-20-9-7-18-15-11-3-4-12(21)16(15)24-17(18)13(22)5-6-19(18,23)14(20)10-11;18-9-2-1-8-7-11-16(20)4-3-10(19)14-15(16,5-6-17-11)12(8)13(9)21-14;1-3-4-5-6-2;1-2;/h2-4,14,17,21,23H,1,5-10H2;1-2,11,14,17-18,20H,3-7H2;3,6H,1,4-5H2,2H3;1H3;1H4/t14-,17+,18+,19-;11-,14+,15+,16-;;;/m11.../s1/i;;;1D;. The smallest absolute Gasteiger partial charge is 0.174 e. The second-order valence-corrected chi connectivity index (χ2v) is 15.5. The Morgan fingerprint density at radius 1 is 0.926 bits per heavy atom. The molecule has 8 aliphatic rings. The average molecular weight is 751 g/mol. The zero-order valence-electron chi connectivity index (χ0n) is 31.3. The van der Waals surface area contributed by atoms with Gasteiger partial charge in [-0.25, -0.2) is 0 Å². The van der Waals surface area contributed by atoms with Crippen LogP contribution >= 0.6 is 0 Å². The number of rotatable bonds is 5. The lowest BCUT2D eigenvalue weighted by molar-refractivity contribution is -0.187. The summed E-state index contributed by atoms with van der Waals surface area (Å²) in [6, 6.07) is 7.00. The minimum absolute atomic E-state index is 0. The Morgan fingerprint density at radius 2 is 1.48 bits per heavy atom. The maximum absolute atomic E-state index is 12.6. The molecule has 4 bridgehead atoms. The minimum atomic E-state index is -1.00. The summed E-state index contributed by atoms with van der Waals surface area (Å²) in [4.78, 5) is 27.3. The van der Waals surface area contributed by atoms with E-state index in [1.165, 1.54) is 0 Å². The molecular formula is C42H56FN3O8. The van der Waals surface area contributed by atoms with Crippen molar-refractivity contribution in [2.24, 2.45) is 0 Å². The number of benzene rings is 2. The van der Waals surface area contributed by atoms with Gasteiger partial charge in [-0.3, -0.25) is 18.9 Å². The fourth-order valence-corrected chi connectivity index (χ4v) is 11.3. The Hall–Kier alpha value is -3.81. The van der Waals surface area contributed by atoms with E-state index in [4.69, 9.17) is 10.8 Å². The van der Waals surface area contributed by atoms with Crippen molar-refractivity contribution in [3.05, 3.63) is 71.8 Å². The number of carbonyl (C=O) groups excluding carboxylic acids is 2. The fraction of sp³-hybridized carbons (Fsp3) is 0.571. The second kappa shape index (κ2) is 14.7. The number of ketones is 2. The van der Waals surface area contributed by atoms with Crippen LogP contribution in [0.2, 0.25) is 0 Å². The van der Waals surface area contributed by atoms with E-state index in [1.807, 2.05) is 31.3 Å². The summed E-state index contributed by atoms with van der Waals surface area (Å²) in [5.41, 5.74) is 0.588. The van der Waals surface area contributed by atoms with Gasteiger partial charge in [0.1, 0.15) is 0 Å². The first kappa shape index (κ1) is 38.5. The van der Waals surface area contributed by atoms with Gasteiger partial charge >= 0.3 is 0 Å². The number of phenols is 2. The molecule has 2 spiro atoms. The number of halogens is 1. The highest BCUT2D eigenvalue weighted by Gasteiger charge is 2.74. The van der Waals surface area contributed by atoms with E-state index in [0.29, 0.717) is 62.9 Å². The van der Waals surface area contributed by atoms with E-state index in [1.54, 1.807) is 12.1 Å². The molecule has 0 radical (unpaired) electrons. The number of ether oxygens (including phenoxy) is 2. The number of nitrogens with zero attached hydrogens (tertiary/aromatic N) is 1. The number of piperidine rings is 2. The van der Waals surface area contributed by atoms with E-state index in [9.17, 15) is 34.4 Å². The normalized spacial score (nSPS) is 35.2. The van der Waals surface area contributed by atoms with Crippen LogP contribution in [0.5, 0.6) is 23.0 Å². The molecule has 54 heavy (non-hydrogen) atoms. The third-order valence-electron chi connectivity index (χ3n) is 13.4.